The first-order valence-corrected chi connectivity index (χ1v) is 11.5. The van der Waals surface area contributed by atoms with Crippen LogP contribution in [-0.2, 0) is 16.3 Å². The maximum Gasteiger partial charge on any atom is 0.253 e. The number of rotatable bonds is 3. The summed E-state index contributed by atoms with van der Waals surface area (Å²) in [5.74, 6) is 0.642. The van der Waals surface area contributed by atoms with Gasteiger partial charge >= 0.3 is 0 Å². The van der Waals surface area contributed by atoms with Crippen LogP contribution in [0.5, 0.6) is 0 Å². The number of H-pyrrole nitrogens is 1. The number of nitrogens with one attached hydrogen (secondary N) is 2. The number of amides is 1. The Bertz CT molecular complexity index is 1260. The number of hydrogen-bond donors (Lipinski definition) is 2. The van der Waals surface area contributed by atoms with Gasteiger partial charge in [0.1, 0.15) is 5.52 Å². The summed E-state index contributed by atoms with van der Waals surface area (Å²) in [6.07, 6.45) is 2.04. The summed E-state index contributed by atoms with van der Waals surface area (Å²) in [6, 6.07) is 7.66. The first kappa shape index (κ1) is 18.1. The second-order valence-electron chi connectivity index (χ2n) is 7.74. The van der Waals surface area contributed by atoms with E-state index >= 15 is 0 Å². The normalized spacial score (nSPS) is 17.2. The van der Waals surface area contributed by atoms with Crippen molar-refractivity contribution in [2.45, 2.75) is 18.6 Å². The number of hydrogen-bond acceptors (Lipinski definition) is 6. The van der Waals surface area contributed by atoms with Crippen LogP contribution in [0.25, 0.3) is 22.3 Å². The van der Waals surface area contributed by atoms with Gasteiger partial charge < -0.3 is 15.2 Å². The van der Waals surface area contributed by atoms with Crippen molar-refractivity contribution in [1.82, 2.24) is 20.3 Å². The van der Waals surface area contributed by atoms with Crippen LogP contribution in [0.15, 0.2) is 24.3 Å². The minimum Gasteiger partial charge on any atom is -0.358 e. The Labute approximate surface area is 168 Å². The molecule has 0 unspecified atom stereocenters. The zero-order valence-corrected chi connectivity index (χ0v) is 17.0. The van der Waals surface area contributed by atoms with Crippen molar-refractivity contribution < 1.29 is 13.2 Å². The summed E-state index contributed by atoms with van der Waals surface area (Å²) in [6.45, 7) is 3.37. The first-order chi connectivity index (χ1) is 13.8. The van der Waals surface area contributed by atoms with Gasteiger partial charge in [0.15, 0.2) is 15.7 Å². The van der Waals surface area contributed by atoms with Crippen LogP contribution in [0.1, 0.15) is 21.7 Å². The highest BCUT2D eigenvalue weighted by atomic mass is 32.2. The molecule has 2 aliphatic heterocycles. The summed E-state index contributed by atoms with van der Waals surface area (Å²) >= 11 is 0. The van der Waals surface area contributed by atoms with E-state index < -0.39 is 9.84 Å². The van der Waals surface area contributed by atoms with Gasteiger partial charge in [-0.25, -0.2) is 18.4 Å². The highest BCUT2D eigenvalue weighted by molar-refractivity contribution is 7.91. The highest BCUT2D eigenvalue weighted by Gasteiger charge is 2.36. The van der Waals surface area contributed by atoms with Crippen molar-refractivity contribution in [2.24, 2.45) is 0 Å². The highest BCUT2D eigenvalue weighted by Crippen LogP contribution is 2.32. The lowest BCUT2D eigenvalue weighted by Gasteiger charge is -2.39. The second kappa shape index (κ2) is 6.28. The molecule has 0 aliphatic carbocycles. The molecule has 1 aromatic carbocycles. The molecule has 0 radical (unpaired) electrons. The van der Waals surface area contributed by atoms with Crippen molar-refractivity contribution in [3.63, 3.8) is 0 Å². The van der Waals surface area contributed by atoms with Crippen molar-refractivity contribution in [1.29, 1.82) is 0 Å². The van der Waals surface area contributed by atoms with E-state index in [2.05, 4.69) is 10.3 Å². The number of benzene rings is 1. The standard InChI is InChI=1S/C20H21N5O3S/c1-11-19(25-9-12(10-25)29(2,27)28)24-18-13(4-3-5-16(18)22-11)17-8-14-15(23-17)6-7-21-20(14)26/h3-5,8,12,23H,6-7,9-10H2,1-2H3,(H,21,26). The average molecular weight is 411 g/mol. The maximum atomic E-state index is 12.1. The molecule has 2 aromatic heterocycles. The number of aromatic amines is 1. The smallest absolute Gasteiger partial charge is 0.253 e. The number of nitrogens with zero attached hydrogens (tertiary/aromatic N) is 3. The van der Waals surface area contributed by atoms with Crippen molar-refractivity contribution in [3.05, 3.63) is 41.2 Å². The van der Waals surface area contributed by atoms with Gasteiger partial charge in [-0.15, -0.1) is 0 Å². The summed E-state index contributed by atoms with van der Waals surface area (Å²) in [5, 5.41) is 2.50. The molecule has 9 heteroatoms. The molecular weight excluding hydrogens is 390 g/mol. The molecule has 1 fully saturated rings. The van der Waals surface area contributed by atoms with E-state index in [0.29, 0.717) is 31.0 Å². The van der Waals surface area contributed by atoms with Gasteiger partial charge in [0.05, 0.1) is 22.0 Å². The fourth-order valence-electron chi connectivity index (χ4n) is 3.99. The SMILES string of the molecule is Cc1nc2cccc(-c3cc4c([nH]3)CCNC4=O)c2nc1N1CC(S(C)(=O)=O)C1. The molecule has 1 saturated heterocycles. The lowest BCUT2D eigenvalue weighted by Crippen LogP contribution is -2.55. The number of fused-ring (bicyclic) bond motifs is 2. The van der Waals surface area contributed by atoms with E-state index in [4.69, 9.17) is 9.97 Å². The molecule has 1 amide bonds. The third-order valence-corrected chi connectivity index (χ3v) is 7.20. The molecule has 0 spiro atoms. The fraction of sp³-hybridized carbons (Fsp3) is 0.350. The maximum absolute atomic E-state index is 12.1. The number of anilines is 1. The Morgan fingerprint density at radius 2 is 1.97 bits per heavy atom. The molecule has 5 rings (SSSR count). The van der Waals surface area contributed by atoms with Gasteiger partial charge in [0.2, 0.25) is 0 Å². The van der Waals surface area contributed by atoms with E-state index in [1.165, 1.54) is 6.26 Å². The van der Waals surface area contributed by atoms with Crippen LogP contribution in [0.3, 0.4) is 0 Å². The fourth-order valence-corrected chi connectivity index (χ4v) is 4.90. The quantitative estimate of drug-likeness (QED) is 0.675. The van der Waals surface area contributed by atoms with Gasteiger partial charge in [-0.05, 0) is 19.1 Å². The van der Waals surface area contributed by atoms with E-state index in [9.17, 15) is 13.2 Å². The van der Waals surface area contributed by atoms with Crippen LogP contribution in [0, 0.1) is 6.92 Å². The summed E-state index contributed by atoms with van der Waals surface area (Å²) in [7, 11) is -3.05. The average Bonchev–Trinajstić information content (AvgIpc) is 3.04. The van der Waals surface area contributed by atoms with Crippen molar-refractivity contribution in [2.75, 3.05) is 30.8 Å². The molecule has 2 aliphatic rings. The summed E-state index contributed by atoms with van der Waals surface area (Å²) in [5.41, 5.74) is 5.57. The minimum atomic E-state index is -3.05. The van der Waals surface area contributed by atoms with Gasteiger partial charge in [-0.1, -0.05) is 12.1 Å². The number of aryl methyl sites for hydroxylation is 1. The Kier molecular flexibility index (Phi) is 3.92. The lowest BCUT2D eigenvalue weighted by atomic mass is 10.1. The Morgan fingerprint density at radius 1 is 1.17 bits per heavy atom. The van der Waals surface area contributed by atoms with Gasteiger partial charge in [-0.2, -0.15) is 0 Å². The van der Waals surface area contributed by atoms with Gasteiger partial charge in [0, 0.05) is 49.3 Å². The predicted molar refractivity (Wildman–Crippen MR) is 111 cm³/mol. The zero-order valence-electron chi connectivity index (χ0n) is 16.2. The van der Waals surface area contributed by atoms with E-state index in [0.717, 1.165) is 40.1 Å². The molecular formula is C20H21N5O3S. The molecule has 8 nitrogen and oxygen atoms in total. The third-order valence-electron chi connectivity index (χ3n) is 5.69. The van der Waals surface area contributed by atoms with Crippen molar-refractivity contribution >= 4 is 32.6 Å². The number of sulfone groups is 1. The molecule has 3 aromatic rings. The lowest BCUT2D eigenvalue weighted by molar-refractivity contribution is 0.0946. The van der Waals surface area contributed by atoms with E-state index in [1.54, 1.807) is 0 Å². The third kappa shape index (κ3) is 2.96. The summed E-state index contributed by atoms with van der Waals surface area (Å²) in [4.78, 5) is 27.0. The minimum absolute atomic E-state index is 0.0657. The number of aromatic nitrogens is 3. The molecule has 0 saturated carbocycles. The van der Waals surface area contributed by atoms with Crippen LogP contribution >= 0.6 is 0 Å². The van der Waals surface area contributed by atoms with Crippen LogP contribution in [0.4, 0.5) is 5.82 Å². The molecule has 2 N–H and O–H groups in total. The van der Waals surface area contributed by atoms with E-state index in [-0.39, 0.29) is 11.2 Å². The molecule has 0 atom stereocenters. The summed E-state index contributed by atoms with van der Waals surface area (Å²) < 4.78 is 23.5. The van der Waals surface area contributed by atoms with Crippen LogP contribution < -0.4 is 10.2 Å². The van der Waals surface area contributed by atoms with Crippen LogP contribution in [0.2, 0.25) is 0 Å². The van der Waals surface area contributed by atoms with Crippen LogP contribution in [-0.4, -0.2) is 60.4 Å². The second-order valence-corrected chi connectivity index (χ2v) is 10.1. The molecule has 29 heavy (non-hydrogen) atoms. The Balaban J connectivity index is 1.58. The van der Waals surface area contributed by atoms with Gasteiger partial charge in [-0.3, -0.25) is 4.79 Å². The first-order valence-electron chi connectivity index (χ1n) is 9.53. The topological polar surface area (TPSA) is 108 Å². The number of para-hydroxylation sites is 1. The molecule has 0 bridgehead atoms. The Hall–Kier alpha value is -2.94. The predicted octanol–water partition coefficient (Wildman–Crippen LogP) is 1.45. The number of carbonyl (C=O) groups is 1. The molecule has 150 valence electrons. The largest absolute Gasteiger partial charge is 0.358 e. The number of carbonyl (C=O) groups excluding carboxylic acids is 1. The Morgan fingerprint density at radius 3 is 2.69 bits per heavy atom. The zero-order chi connectivity index (χ0) is 20.3. The van der Waals surface area contributed by atoms with Crippen molar-refractivity contribution in [3.8, 4) is 11.3 Å². The van der Waals surface area contributed by atoms with Gasteiger partial charge in [0.25, 0.3) is 5.91 Å². The molecule has 4 heterocycles. The monoisotopic (exact) mass is 411 g/mol. The van der Waals surface area contributed by atoms with E-state index in [1.807, 2.05) is 36.1 Å².